The van der Waals surface area contributed by atoms with Crippen molar-refractivity contribution in [1.82, 2.24) is 4.98 Å². The van der Waals surface area contributed by atoms with Crippen LogP contribution >= 0.6 is 11.6 Å². The number of halogens is 2. The van der Waals surface area contributed by atoms with E-state index in [0.29, 0.717) is 29.1 Å². The first-order valence-electron chi connectivity index (χ1n) is 6.52. The van der Waals surface area contributed by atoms with Crippen molar-refractivity contribution in [1.29, 1.82) is 0 Å². The van der Waals surface area contributed by atoms with Crippen LogP contribution in [0.25, 0.3) is 10.9 Å². The number of hydrogen-bond donors (Lipinski definition) is 2. The molecule has 1 heterocycles. The number of benzene rings is 1. The highest BCUT2D eigenvalue weighted by Crippen LogP contribution is 2.29. The van der Waals surface area contributed by atoms with Crippen molar-refractivity contribution in [2.24, 2.45) is 5.41 Å². The van der Waals surface area contributed by atoms with Crippen LogP contribution in [-0.4, -0.2) is 23.2 Å². The fraction of sp³-hybridized carbons (Fsp3) is 0.400. The summed E-state index contributed by atoms with van der Waals surface area (Å²) in [5.74, 6) is -0.398. The maximum atomic E-state index is 14.4. The van der Waals surface area contributed by atoms with Crippen LogP contribution in [0.1, 0.15) is 20.3 Å². The maximum absolute atomic E-state index is 14.4. The molecule has 0 saturated carbocycles. The van der Waals surface area contributed by atoms with E-state index >= 15 is 0 Å². The number of anilines is 1. The van der Waals surface area contributed by atoms with Gasteiger partial charge in [0, 0.05) is 24.7 Å². The van der Waals surface area contributed by atoms with Crippen LogP contribution in [0.15, 0.2) is 24.4 Å². The first-order chi connectivity index (χ1) is 9.44. The fourth-order valence-electron chi connectivity index (χ4n) is 2.01. The van der Waals surface area contributed by atoms with Gasteiger partial charge in [-0.3, -0.25) is 4.98 Å². The Morgan fingerprint density at radius 3 is 2.80 bits per heavy atom. The number of nitrogens with zero attached hydrogens (tertiary/aromatic N) is 1. The van der Waals surface area contributed by atoms with Crippen LogP contribution in [0.4, 0.5) is 10.1 Å². The lowest BCUT2D eigenvalue weighted by Crippen LogP contribution is -2.24. The third kappa shape index (κ3) is 3.19. The summed E-state index contributed by atoms with van der Waals surface area (Å²) in [5.41, 5.74) is 0.554. The Kier molecular flexibility index (Phi) is 4.45. The molecule has 0 amide bonds. The molecular formula is C15H18ClFN2O. The minimum Gasteiger partial charge on any atom is -0.396 e. The Labute approximate surface area is 122 Å². The molecule has 108 valence electrons. The minimum absolute atomic E-state index is 0.113. The van der Waals surface area contributed by atoms with Crippen molar-refractivity contribution < 1.29 is 9.50 Å². The number of aromatic nitrogens is 1. The van der Waals surface area contributed by atoms with Gasteiger partial charge in [0.2, 0.25) is 0 Å². The lowest BCUT2D eigenvalue weighted by Gasteiger charge is -2.24. The van der Waals surface area contributed by atoms with Crippen LogP contribution in [0, 0.1) is 11.2 Å². The molecule has 0 aliphatic heterocycles. The summed E-state index contributed by atoms with van der Waals surface area (Å²) in [6.07, 6.45) is 2.15. The molecule has 0 aliphatic carbocycles. The summed E-state index contributed by atoms with van der Waals surface area (Å²) in [4.78, 5) is 4.04. The number of aliphatic hydroxyl groups is 1. The van der Waals surface area contributed by atoms with Gasteiger partial charge in [0.15, 0.2) is 5.82 Å². The molecule has 0 spiro atoms. The highest BCUT2D eigenvalue weighted by molar-refractivity contribution is 6.35. The molecule has 1 aromatic heterocycles. The molecule has 0 bridgehead atoms. The maximum Gasteiger partial charge on any atom is 0.172 e. The van der Waals surface area contributed by atoms with Crippen molar-refractivity contribution >= 4 is 28.2 Å². The van der Waals surface area contributed by atoms with Gasteiger partial charge in [-0.2, -0.15) is 0 Å². The molecular weight excluding hydrogens is 279 g/mol. The summed E-state index contributed by atoms with van der Waals surface area (Å²) in [6, 6.07) is 5.07. The van der Waals surface area contributed by atoms with Gasteiger partial charge >= 0.3 is 0 Å². The van der Waals surface area contributed by atoms with Crippen LogP contribution in [0.2, 0.25) is 5.02 Å². The molecule has 0 aliphatic rings. The largest absolute Gasteiger partial charge is 0.396 e. The summed E-state index contributed by atoms with van der Waals surface area (Å²) < 4.78 is 14.4. The molecule has 0 atom stereocenters. The zero-order valence-electron chi connectivity index (χ0n) is 11.6. The van der Waals surface area contributed by atoms with Crippen molar-refractivity contribution in [2.45, 2.75) is 20.3 Å². The third-order valence-corrected chi connectivity index (χ3v) is 3.67. The lowest BCUT2D eigenvalue weighted by atomic mass is 9.89. The average molecular weight is 297 g/mol. The van der Waals surface area contributed by atoms with E-state index in [4.69, 9.17) is 16.7 Å². The van der Waals surface area contributed by atoms with E-state index in [2.05, 4.69) is 10.3 Å². The normalized spacial score (nSPS) is 11.8. The van der Waals surface area contributed by atoms with Crippen LogP contribution in [0.3, 0.4) is 0 Å². The van der Waals surface area contributed by atoms with E-state index in [1.54, 1.807) is 18.2 Å². The molecule has 3 nitrogen and oxygen atoms in total. The molecule has 5 heteroatoms. The second-order valence-corrected chi connectivity index (χ2v) is 6.01. The molecule has 0 fully saturated rings. The highest BCUT2D eigenvalue weighted by atomic mass is 35.5. The predicted molar refractivity (Wildman–Crippen MR) is 80.7 cm³/mol. The van der Waals surface area contributed by atoms with Crippen LogP contribution in [-0.2, 0) is 0 Å². The zero-order chi connectivity index (χ0) is 14.8. The van der Waals surface area contributed by atoms with E-state index < -0.39 is 5.82 Å². The van der Waals surface area contributed by atoms with Gasteiger partial charge in [-0.25, -0.2) is 4.39 Å². The molecule has 2 rings (SSSR count). The SMILES string of the molecule is CC(C)(CCO)CNc1ccc2c(Cl)ccnc2c1F. The van der Waals surface area contributed by atoms with E-state index in [1.807, 2.05) is 13.8 Å². The summed E-state index contributed by atoms with van der Waals surface area (Å²) in [5, 5.41) is 13.2. The molecule has 0 radical (unpaired) electrons. The monoisotopic (exact) mass is 296 g/mol. The van der Waals surface area contributed by atoms with Crippen molar-refractivity contribution in [3.63, 3.8) is 0 Å². The molecule has 2 N–H and O–H groups in total. The van der Waals surface area contributed by atoms with Gasteiger partial charge in [-0.1, -0.05) is 25.4 Å². The second-order valence-electron chi connectivity index (χ2n) is 5.61. The molecule has 20 heavy (non-hydrogen) atoms. The molecule has 2 aromatic rings. The van der Waals surface area contributed by atoms with Gasteiger partial charge in [-0.15, -0.1) is 0 Å². The lowest BCUT2D eigenvalue weighted by molar-refractivity contribution is 0.220. The Morgan fingerprint density at radius 1 is 1.35 bits per heavy atom. The van der Waals surface area contributed by atoms with Gasteiger partial charge in [0.1, 0.15) is 5.52 Å². The fourth-order valence-corrected chi connectivity index (χ4v) is 2.22. The number of pyridine rings is 1. The van der Waals surface area contributed by atoms with Gasteiger partial charge in [0.25, 0.3) is 0 Å². The van der Waals surface area contributed by atoms with Crippen molar-refractivity contribution in [3.05, 3.63) is 35.2 Å². The van der Waals surface area contributed by atoms with E-state index in [0.717, 1.165) is 0 Å². The van der Waals surface area contributed by atoms with E-state index in [9.17, 15) is 4.39 Å². The smallest absolute Gasteiger partial charge is 0.172 e. The number of fused-ring (bicyclic) bond motifs is 1. The average Bonchev–Trinajstić information content (AvgIpc) is 2.39. The number of aliphatic hydroxyl groups excluding tert-OH is 1. The standard InChI is InChI=1S/C15H18ClFN2O/c1-15(2,6-8-20)9-19-12-4-3-10-11(16)5-7-18-14(10)13(12)17/h3-5,7,19-20H,6,8-9H2,1-2H3. The number of nitrogens with one attached hydrogen (secondary N) is 1. The van der Waals surface area contributed by atoms with Crippen molar-refractivity contribution in [2.75, 3.05) is 18.5 Å². The molecule has 0 unspecified atom stereocenters. The Balaban J connectivity index is 2.26. The molecule has 1 aromatic carbocycles. The summed E-state index contributed by atoms with van der Waals surface area (Å²) in [6.45, 7) is 4.72. The minimum atomic E-state index is -0.398. The quantitative estimate of drug-likeness (QED) is 0.881. The topological polar surface area (TPSA) is 45.1 Å². The number of rotatable bonds is 5. The Hall–Kier alpha value is -1.39. The van der Waals surface area contributed by atoms with Crippen molar-refractivity contribution in [3.8, 4) is 0 Å². The highest BCUT2D eigenvalue weighted by Gasteiger charge is 2.18. The van der Waals surface area contributed by atoms with Gasteiger partial charge in [-0.05, 0) is 30.0 Å². The first-order valence-corrected chi connectivity index (χ1v) is 6.90. The zero-order valence-corrected chi connectivity index (χ0v) is 12.3. The number of hydrogen-bond acceptors (Lipinski definition) is 3. The van der Waals surface area contributed by atoms with Crippen LogP contribution in [0.5, 0.6) is 0 Å². The van der Waals surface area contributed by atoms with E-state index in [1.165, 1.54) is 6.20 Å². The van der Waals surface area contributed by atoms with Crippen LogP contribution < -0.4 is 5.32 Å². The Bertz CT molecular complexity index is 616. The Morgan fingerprint density at radius 2 is 2.10 bits per heavy atom. The predicted octanol–water partition coefficient (Wildman–Crippen LogP) is 3.85. The summed E-state index contributed by atoms with van der Waals surface area (Å²) >= 11 is 6.02. The van der Waals surface area contributed by atoms with Gasteiger partial charge < -0.3 is 10.4 Å². The van der Waals surface area contributed by atoms with Gasteiger partial charge in [0.05, 0.1) is 10.7 Å². The van der Waals surface area contributed by atoms with E-state index in [-0.39, 0.29) is 17.5 Å². The molecule has 0 saturated heterocycles. The third-order valence-electron chi connectivity index (χ3n) is 3.34. The first kappa shape index (κ1) is 15.0. The summed E-state index contributed by atoms with van der Waals surface area (Å²) in [7, 11) is 0. The second kappa shape index (κ2) is 5.94.